The normalized spacial score (nSPS) is 17.2. The van der Waals surface area contributed by atoms with Crippen molar-refractivity contribution >= 4 is 29.9 Å². The molecule has 7 nitrogen and oxygen atoms in total. The molecule has 0 spiro atoms. The molecule has 1 aromatic heterocycles. The number of hydrogen-bond donors (Lipinski definition) is 1. The van der Waals surface area contributed by atoms with E-state index in [9.17, 15) is 0 Å². The highest BCUT2D eigenvalue weighted by atomic mass is 127. The molecule has 2 heterocycles. The Kier molecular flexibility index (Phi) is 12.4. The fourth-order valence-electron chi connectivity index (χ4n) is 3.72. The van der Waals surface area contributed by atoms with Gasteiger partial charge in [-0.3, -0.25) is 4.90 Å². The van der Waals surface area contributed by atoms with Gasteiger partial charge in [-0.05, 0) is 52.1 Å². The summed E-state index contributed by atoms with van der Waals surface area (Å²) >= 11 is 0. The van der Waals surface area contributed by atoms with Gasteiger partial charge in [0.15, 0.2) is 11.8 Å². The Morgan fingerprint density at radius 2 is 2.14 bits per heavy atom. The molecule has 0 saturated carbocycles. The zero-order chi connectivity index (χ0) is 20.4. The van der Waals surface area contributed by atoms with Crippen LogP contribution < -0.4 is 5.32 Å². The molecule has 1 fully saturated rings. The van der Waals surface area contributed by atoms with Gasteiger partial charge in [-0.2, -0.15) is 0 Å². The zero-order valence-electron chi connectivity index (χ0n) is 18.7. The Balaban J connectivity index is 0.00000420. The molecule has 1 N–H and O–H groups in total. The first-order valence-corrected chi connectivity index (χ1v) is 10.8. The fraction of sp³-hybridized carbons (Fsp3) is 0.762. The van der Waals surface area contributed by atoms with Crippen LogP contribution >= 0.6 is 24.0 Å². The molecule has 0 aliphatic carbocycles. The molecule has 1 aliphatic heterocycles. The second-order valence-corrected chi connectivity index (χ2v) is 7.73. The highest BCUT2D eigenvalue weighted by molar-refractivity contribution is 14.0. The van der Waals surface area contributed by atoms with E-state index in [-0.39, 0.29) is 24.0 Å². The van der Waals surface area contributed by atoms with Gasteiger partial charge in [0, 0.05) is 33.2 Å². The summed E-state index contributed by atoms with van der Waals surface area (Å²) in [4.78, 5) is 9.68. The van der Waals surface area contributed by atoms with E-state index in [0.717, 1.165) is 43.7 Å². The molecular weight excluding hydrogens is 477 g/mol. The van der Waals surface area contributed by atoms with Crippen LogP contribution in [0.15, 0.2) is 17.6 Å². The summed E-state index contributed by atoms with van der Waals surface area (Å²) in [5, 5.41) is 12.0. The van der Waals surface area contributed by atoms with Crippen LogP contribution in [0.1, 0.15) is 57.1 Å². The van der Waals surface area contributed by atoms with Gasteiger partial charge in [0.1, 0.15) is 12.4 Å². The molecule has 1 atom stereocenters. The second-order valence-electron chi connectivity index (χ2n) is 7.73. The van der Waals surface area contributed by atoms with Crippen LogP contribution in [0.3, 0.4) is 0 Å². The Morgan fingerprint density at radius 1 is 1.34 bits per heavy atom. The van der Waals surface area contributed by atoms with Gasteiger partial charge < -0.3 is 14.8 Å². The summed E-state index contributed by atoms with van der Waals surface area (Å²) in [6.45, 7) is 12.9. The third-order valence-corrected chi connectivity index (χ3v) is 5.72. The highest BCUT2D eigenvalue weighted by Gasteiger charge is 2.23. The third kappa shape index (κ3) is 8.24. The topological polar surface area (TPSA) is 61.6 Å². The lowest BCUT2D eigenvalue weighted by Crippen LogP contribution is -2.45. The Hall–Kier alpha value is -1.16. The van der Waals surface area contributed by atoms with Crippen molar-refractivity contribution in [1.82, 2.24) is 29.9 Å². The number of nitrogens with one attached hydrogen (secondary N) is 1. The van der Waals surface area contributed by atoms with Crippen molar-refractivity contribution in [3.05, 3.63) is 24.3 Å². The standard InChI is InChI=1S/C21H39N7.HI/c1-6-8-9-10-11-14-26(4)21(22-16-19-13-12-15-28(19)7-2)23-17-20-25-24-18(3)27(20)5;/h6,19H,1,7-17H2,2-5H3,(H,22,23);1H. The maximum absolute atomic E-state index is 4.87. The Bertz CT molecular complexity index is 629. The van der Waals surface area contributed by atoms with Gasteiger partial charge in [0.05, 0.1) is 0 Å². The molecule has 8 heteroatoms. The van der Waals surface area contributed by atoms with Gasteiger partial charge in [-0.1, -0.05) is 19.4 Å². The summed E-state index contributed by atoms with van der Waals surface area (Å²) < 4.78 is 2.01. The van der Waals surface area contributed by atoms with Crippen molar-refractivity contribution in [2.24, 2.45) is 12.0 Å². The van der Waals surface area contributed by atoms with Gasteiger partial charge in [-0.25, -0.2) is 4.99 Å². The van der Waals surface area contributed by atoms with Crippen LogP contribution in [0.25, 0.3) is 0 Å². The summed E-state index contributed by atoms with van der Waals surface area (Å²) in [6, 6.07) is 0.605. The average Bonchev–Trinajstić information content (AvgIpc) is 3.28. The number of aromatic nitrogens is 3. The third-order valence-electron chi connectivity index (χ3n) is 5.72. The van der Waals surface area contributed by atoms with Gasteiger partial charge >= 0.3 is 0 Å². The molecule has 1 saturated heterocycles. The lowest BCUT2D eigenvalue weighted by atomic mass is 10.2. The number of unbranched alkanes of at least 4 members (excludes halogenated alkanes) is 3. The molecule has 166 valence electrons. The molecule has 1 aliphatic rings. The largest absolute Gasteiger partial charge is 0.355 e. The Morgan fingerprint density at radius 3 is 2.79 bits per heavy atom. The number of likely N-dealkylation sites (N-methyl/N-ethyl adjacent to an activating group) is 1. The molecular formula is C21H40IN7. The van der Waals surface area contributed by atoms with Gasteiger partial charge in [0.25, 0.3) is 0 Å². The number of rotatable bonds is 11. The van der Waals surface area contributed by atoms with E-state index in [4.69, 9.17) is 4.99 Å². The van der Waals surface area contributed by atoms with Crippen molar-refractivity contribution in [2.75, 3.05) is 33.2 Å². The van der Waals surface area contributed by atoms with E-state index in [1.165, 1.54) is 38.6 Å². The van der Waals surface area contributed by atoms with Gasteiger partial charge in [0.2, 0.25) is 0 Å². The number of likely N-dealkylation sites (tertiary alicyclic amines) is 1. The minimum Gasteiger partial charge on any atom is -0.355 e. The summed E-state index contributed by atoms with van der Waals surface area (Å²) in [5.74, 6) is 2.78. The van der Waals surface area contributed by atoms with E-state index in [1.54, 1.807) is 0 Å². The predicted octanol–water partition coefficient (Wildman–Crippen LogP) is 3.35. The van der Waals surface area contributed by atoms with E-state index < -0.39 is 0 Å². The van der Waals surface area contributed by atoms with Gasteiger partial charge in [-0.15, -0.1) is 40.8 Å². The molecule has 29 heavy (non-hydrogen) atoms. The molecule has 0 bridgehead atoms. The number of halogens is 1. The van der Waals surface area contributed by atoms with E-state index in [0.29, 0.717) is 12.6 Å². The zero-order valence-corrected chi connectivity index (χ0v) is 21.1. The van der Waals surface area contributed by atoms with Crippen molar-refractivity contribution in [1.29, 1.82) is 0 Å². The van der Waals surface area contributed by atoms with Crippen LogP contribution in [0.5, 0.6) is 0 Å². The van der Waals surface area contributed by atoms with Crippen molar-refractivity contribution in [3.63, 3.8) is 0 Å². The lowest BCUT2D eigenvalue weighted by Gasteiger charge is -2.27. The fourth-order valence-corrected chi connectivity index (χ4v) is 3.72. The first-order valence-electron chi connectivity index (χ1n) is 10.8. The molecule has 1 aromatic rings. The number of aliphatic imine (C=N–C) groups is 1. The van der Waals surface area contributed by atoms with Crippen LogP contribution in [0, 0.1) is 6.92 Å². The van der Waals surface area contributed by atoms with Crippen LogP contribution in [-0.4, -0.2) is 69.8 Å². The Labute approximate surface area is 194 Å². The van der Waals surface area contributed by atoms with Crippen LogP contribution in [0.4, 0.5) is 0 Å². The number of hydrogen-bond acceptors (Lipinski definition) is 4. The van der Waals surface area contributed by atoms with E-state index >= 15 is 0 Å². The smallest absolute Gasteiger partial charge is 0.194 e. The van der Waals surface area contributed by atoms with E-state index in [1.807, 2.05) is 24.6 Å². The number of aryl methyl sites for hydroxylation is 1. The monoisotopic (exact) mass is 517 g/mol. The summed E-state index contributed by atoms with van der Waals surface area (Å²) in [6.07, 6.45) is 9.26. The average molecular weight is 518 g/mol. The summed E-state index contributed by atoms with van der Waals surface area (Å²) in [7, 11) is 4.13. The van der Waals surface area contributed by atoms with Crippen molar-refractivity contribution in [3.8, 4) is 0 Å². The first-order chi connectivity index (χ1) is 13.6. The second kappa shape index (κ2) is 14.0. The predicted molar refractivity (Wildman–Crippen MR) is 132 cm³/mol. The maximum atomic E-state index is 4.87. The summed E-state index contributed by atoms with van der Waals surface area (Å²) in [5.41, 5.74) is 0. The molecule has 0 radical (unpaired) electrons. The number of allylic oxidation sites excluding steroid dienone is 1. The SMILES string of the molecule is C=CCCCCCN(C)C(=NCc1nnc(C)n1C)NCC1CCCN1CC.I. The van der Waals surface area contributed by atoms with Crippen LogP contribution in [0.2, 0.25) is 0 Å². The number of nitrogens with zero attached hydrogens (tertiary/aromatic N) is 6. The minimum atomic E-state index is 0. The minimum absolute atomic E-state index is 0. The highest BCUT2D eigenvalue weighted by Crippen LogP contribution is 2.15. The maximum Gasteiger partial charge on any atom is 0.194 e. The van der Waals surface area contributed by atoms with Crippen LogP contribution in [-0.2, 0) is 13.6 Å². The molecule has 2 rings (SSSR count). The number of guanidine groups is 1. The van der Waals surface area contributed by atoms with E-state index in [2.05, 4.69) is 45.9 Å². The van der Waals surface area contributed by atoms with Crippen molar-refractivity contribution in [2.45, 2.75) is 65.0 Å². The first kappa shape index (κ1) is 25.9. The molecule has 0 amide bonds. The quantitative estimate of drug-likeness (QED) is 0.160. The molecule has 1 unspecified atom stereocenters. The molecule has 0 aromatic carbocycles. The van der Waals surface area contributed by atoms with Crippen molar-refractivity contribution < 1.29 is 0 Å². The lowest BCUT2D eigenvalue weighted by molar-refractivity contribution is 0.265.